The molecule has 0 bridgehead atoms. The van der Waals surface area contributed by atoms with Gasteiger partial charge < -0.3 is 18.8 Å². The highest BCUT2D eigenvalue weighted by Crippen LogP contribution is 2.30. The van der Waals surface area contributed by atoms with Crippen molar-refractivity contribution in [2.45, 2.75) is 45.1 Å². The van der Waals surface area contributed by atoms with Gasteiger partial charge in [-0.15, -0.1) is 0 Å². The van der Waals surface area contributed by atoms with Crippen LogP contribution in [0.1, 0.15) is 65.8 Å². The van der Waals surface area contributed by atoms with Gasteiger partial charge in [-0.05, 0) is 56.2 Å². The van der Waals surface area contributed by atoms with Crippen LogP contribution in [0.3, 0.4) is 0 Å². The fourth-order valence-corrected chi connectivity index (χ4v) is 5.13. The molecule has 202 valence electrons. The summed E-state index contributed by atoms with van der Waals surface area (Å²) in [4.78, 5) is 49.7. The Morgan fingerprint density at radius 2 is 1.79 bits per heavy atom. The van der Waals surface area contributed by atoms with Gasteiger partial charge in [0.25, 0.3) is 11.5 Å². The van der Waals surface area contributed by atoms with Crippen LogP contribution in [0.4, 0.5) is 0 Å². The van der Waals surface area contributed by atoms with Gasteiger partial charge in [0.05, 0.1) is 26.2 Å². The normalized spacial score (nSPS) is 14.5. The van der Waals surface area contributed by atoms with Crippen LogP contribution in [0.2, 0.25) is 0 Å². The maximum absolute atomic E-state index is 13.6. The molecule has 0 atom stereocenters. The number of benzene rings is 1. The van der Waals surface area contributed by atoms with Gasteiger partial charge in [0.1, 0.15) is 16.9 Å². The number of nitrogens with zero attached hydrogens (tertiary/aromatic N) is 4. The van der Waals surface area contributed by atoms with E-state index in [4.69, 9.17) is 19.2 Å². The molecule has 0 unspecified atom stereocenters. The van der Waals surface area contributed by atoms with Crippen LogP contribution in [-0.4, -0.2) is 46.7 Å². The summed E-state index contributed by atoms with van der Waals surface area (Å²) < 4.78 is 19.2. The predicted molar refractivity (Wildman–Crippen MR) is 144 cm³/mol. The zero-order valence-corrected chi connectivity index (χ0v) is 22.2. The molecule has 3 aromatic heterocycles. The Kier molecular flexibility index (Phi) is 7.44. The lowest BCUT2D eigenvalue weighted by molar-refractivity contribution is 0.0523. The first-order valence-corrected chi connectivity index (χ1v) is 13.0. The van der Waals surface area contributed by atoms with Crippen LogP contribution < -0.4 is 20.5 Å². The van der Waals surface area contributed by atoms with E-state index in [2.05, 4.69) is 4.99 Å². The van der Waals surface area contributed by atoms with Crippen molar-refractivity contribution < 1.29 is 23.8 Å². The number of fused-ring (bicyclic) bond motifs is 2. The Morgan fingerprint density at radius 3 is 2.51 bits per heavy atom. The highest BCUT2D eigenvalue weighted by Gasteiger charge is 2.25. The Labute approximate surface area is 224 Å². The summed E-state index contributed by atoms with van der Waals surface area (Å²) >= 11 is 0. The largest absolute Gasteiger partial charge is 0.493 e. The predicted octanol–water partition coefficient (Wildman–Crippen LogP) is 4.09. The smallest absolute Gasteiger partial charge is 0.341 e. The second-order valence-corrected chi connectivity index (χ2v) is 9.33. The van der Waals surface area contributed by atoms with E-state index in [1.165, 1.54) is 24.7 Å². The van der Waals surface area contributed by atoms with Crippen LogP contribution in [0.25, 0.3) is 16.7 Å². The monoisotopic (exact) mass is 530 g/mol. The van der Waals surface area contributed by atoms with Gasteiger partial charge in [-0.1, -0.05) is 25.3 Å². The fourth-order valence-electron chi connectivity index (χ4n) is 5.13. The van der Waals surface area contributed by atoms with Crippen LogP contribution in [0.15, 0.2) is 58.4 Å². The zero-order valence-electron chi connectivity index (χ0n) is 22.2. The molecular formula is C29H30N4O6. The molecule has 1 saturated carbocycles. The Balaban J connectivity index is 1.86. The molecule has 0 spiro atoms. The van der Waals surface area contributed by atoms with Crippen LogP contribution in [0, 0.1) is 0 Å². The lowest BCUT2D eigenvalue weighted by atomic mass is 9.94. The maximum atomic E-state index is 13.6. The quantitative estimate of drug-likeness (QED) is 0.273. The van der Waals surface area contributed by atoms with Gasteiger partial charge in [0.2, 0.25) is 0 Å². The summed E-state index contributed by atoms with van der Waals surface area (Å²) in [5, 5.41) is 0.254. The van der Waals surface area contributed by atoms with Gasteiger partial charge in [0.15, 0.2) is 17.0 Å². The summed E-state index contributed by atoms with van der Waals surface area (Å²) in [6, 6.07) is 11.4. The van der Waals surface area contributed by atoms with E-state index in [0.29, 0.717) is 22.8 Å². The molecule has 1 aromatic carbocycles. The topological polar surface area (TPSA) is 113 Å². The number of aromatic nitrogens is 3. The number of hydrogen-bond acceptors (Lipinski definition) is 7. The molecule has 1 fully saturated rings. The minimum atomic E-state index is -0.666. The number of carbonyl (C=O) groups is 2. The molecule has 10 nitrogen and oxygen atoms in total. The van der Waals surface area contributed by atoms with Gasteiger partial charge in [-0.3, -0.25) is 14.0 Å². The Hall–Kier alpha value is -4.47. The molecule has 39 heavy (non-hydrogen) atoms. The summed E-state index contributed by atoms with van der Waals surface area (Å²) in [5.74, 6) is -0.395. The molecule has 0 radical (unpaired) electrons. The second kappa shape index (κ2) is 11.1. The van der Waals surface area contributed by atoms with Crippen molar-refractivity contribution in [1.29, 1.82) is 0 Å². The number of pyridine rings is 2. The van der Waals surface area contributed by atoms with Gasteiger partial charge >= 0.3 is 5.97 Å². The molecule has 1 aliphatic rings. The highest BCUT2D eigenvalue weighted by atomic mass is 16.5. The average Bonchev–Trinajstić information content (AvgIpc) is 2.97. The van der Waals surface area contributed by atoms with E-state index in [9.17, 15) is 14.4 Å². The van der Waals surface area contributed by atoms with Crippen LogP contribution in [0.5, 0.6) is 11.5 Å². The number of amides is 1. The lowest BCUT2D eigenvalue weighted by Crippen LogP contribution is -2.35. The third-order valence-electron chi connectivity index (χ3n) is 7.01. The number of esters is 1. The maximum Gasteiger partial charge on any atom is 0.341 e. The van der Waals surface area contributed by atoms with E-state index >= 15 is 0 Å². The summed E-state index contributed by atoms with van der Waals surface area (Å²) in [6.07, 6.45) is 6.27. The molecule has 1 amide bonds. The van der Waals surface area contributed by atoms with Gasteiger partial charge in [-0.2, -0.15) is 4.99 Å². The number of rotatable bonds is 6. The van der Waals surface area contributed by atoms with E-state index in [1.54, 1.807) is 54.1 Å². The molecule has 5 rings (SSSR count). The average molecular weight is 531 g/mol. The molecule has 0 aliphatic heterocycles. The molecule has 1 aliphatic carbocycles. The van der Waals surface area contributed by atoms with E-state index in [-0.39, 0.29) is 40.2 Å². The van der Waals surface area contributed by atoms with Crippen molar-refractivity contribution in [3.63, 3.8) is 0 Å². The molecule has 0 N–H and O–H groups in total. The lowest BCUT2D eigenvalue weighted by Gasteiger charge is -2.27. The molecule has 3 heterocycles. The van der Waals surface area contributed by atoms with Gasteiger partial charge in [0, 0.05) is 17.8 Å². The highest BCUT2D eigenvalue weighted by molar-refractivity contribution is 5.97. The first kappa shape index (κ1) is 26.1. The van der Waals surface area contributed by atoms with Crippen molar-refractivity contribution in [2.24, 2.45) is 4.99 Å². The second-order valence-electron chi connectivity index (χ2n) is 9.33. The number of hydrogen-bond donors (Lipinski definition) is 0. The Morgan fingerprint density at radius 1 is 1.03 bits per heavy atom. The standard InChI is InChI=1S/C29H30N4O6/c1-4-39-29(36)21-17-20-25(30-24-12-8-9-15-32(24)28(20)35)33(19-10-6-5-7-11-19)26(21)31-27(34)18-13-14-22(37-2)23(16-18)38-3/h8-9,12-17,19H,4-7,10-11H2,1-3H3. The van der Waals surface area contributed by atoms with Crippen molar-refractivity contribution >= 4 is 28.6 Å². The number of methoxy groups -OCH3 is 2. The number of ether oxygens (including phenoxy) is 3. The van der Waals surface area contributed by atoms with Crippen molar-refractivity contribution in [3.05, 3.63) is 75.6 Å². The third kappa shape index (κ3) is 4.89. The van der Waals surface area contributed by atoms with Crippen LogP contribution >= 0.6 is 0 Å². The summed E-state index contributed by atoms with van der Waals surface area (Å²) in [5.41, 5.74) is 0.941. The Bertz CT molecular complexity index is 1700. The van der Waals surface area contributed by atoms with E-state index < -0.39 is 11.9 Å². The zero-order chi connectivity index (χ0) is 27.5. The fraction of sp³-hybridized carbons (Fsp3) is 0.345. The molecule has 10 heteroatoms. The molecule has 4 aromatic rings. The SMILES string of the molecule is CCOC(=O)c1cc2c(=O)n3ccccc3nc2n(C2CCCCC2)c1=NC(=O)c1ccc(OC)c(OC)c1. The first-order chi connectivity index (χ1) is 19.0. The van der Waals surface area contributed by atoms with Crippen molar-refractivity contribution in [2.75, 3.05) is 20.8 Å². The molecule has 0 saturated heterocycles. The number of carbonyl (C=O) groups excluding carboxylic acids is 2. The van der Waals surface area contributed by atoms with Gasteiger partial charge in [-0.25, -0.2) is 9.78 Å². The van der Waals surface area contributed by atoms with E-state index in [1.807, 2.05) is 0 Å². The van der Waals surface area contributed by atoms with Crippen LogP contribution in [-0.2, 0) is 4.74 Å². The minimum absolute atomic E-state index is 0.0403. The summed E-state index contributed by atoms with van der Waals surface area (Å²) in [6.45, 7) is 1.82. The van der Waals surface area contributed by atoms with Crippen molar-refractivity contribution in [1.82, 2.24) is 14.0 Å². The first-order valence-electron chi connectivity index (χ1n) is 13.0. The minimum Gasteiger partial charge on any atom is -0.493 e. The third-order valence-corrected chi connectivity index (χ3v) is 7.01. The van der Waals surface area contributed by atoms with Crippen molar-refractivity contribution in [3.8, 4) is 11.5 Å². The summed E-state index contributed by atoms with van der Waals surface area (Å²) in [7, 11) is 2.99. The molecular weight excluding hydrogens is 500 g/mol. The van der Waals surface area contributed by atoms with E-state index in [0.717, 1.165) is 32.1 Å².